The van der Waals surface area contributed by atoms with Crippen LogP contribution < -0.4 is 19.8 Å². The molecule has 2 unspecified atom stereocenters. The first-order valence-electron chi connectivity index (χ1n) is 8.94. The number of rotatable bonds is 3. The van der Waals surface area contributed by atoms with Crippen LogP contribution in [0.1, 0.15) is 37.2 Å². The highest BCUT2D eigenvalue weighted by Gasteiger charge is 2.36. The summed E-state index contributed by atoms with van der Waals surface area (Å²) in [5.41, 5.74) is 1.04. The van der Waals surface area contributed by atoms with Crippen LogP contribution in [-0.4, -0.2) is 28.4 Å². The fourth-order valence-corrected chi connectivity index (χ4v) is 4.10. The number of ether oxygens (including phenoxy) is 3. The molecule has 1 aromatic carbocycles. The van der Waals surface area contributed by atoms with Crippen molar-refractivity contribution in [3.05, 3.63) is 46.4 Å². The van der Waals surface area contributed by atoms with Crippen LogP contribution in [0.25, 0.3) is 0 Å². The normalized spacial score (nSPS) is 26.2. The summed E-state index contributed by atoms with van der Waals surface area (Å²) < 4.78 is 19.5. The van der Waals surface area contributed by atoms with E-state index in [0.29, 0.717) is 31.2 Å². The molecule has 6 heteroatoms. The van der Waals surface area contributed by atoms with Gasteiger partial charge < -0.3 is 14.2 Å². The van der Waals surface area contributed by atoms with Crippen LogP contribution in [0, 0.1) is 0 Å². The van der Waals surface area contributed by atoms with Gasteiger partial charge in [-0.05, 0) is 25.3 Å². The highest BCUT2D eigenvalue weighted by molar-refractivity contribution is 5.46. The first-order chi connectivity index (χ1) is 12.3. The van der Waals surface area contributed by atoms with Gasteiger partial charge in [0.1, 0.15) is 24.2 Å². The Balaban J connectivity index is 1.25. The van der Waals surface area contributed by atoms with Crippen molar-refractivity contribution in [2.24, 2.45) is 0 Å². The van der Waals surface area contributed by atoms with E-state index in [1.807, 2.05) is 16.7 Å². The standard InChI is InChI=1S/C19H20N2O4/c22-18-7-8-21-10-13(24-19(21)20-18)11-23-12-5-6-15-14-3-1-2-4-16(14)25-17(15)9-12/h5-9,13-14,16H,1-4,10-11H2/t13-,14?,16?/m0/s1. The molecule has 3 aliphatic rings. The van der Waals surface area contributed by atoms with Gasteiger partial charge in [-0.1, -0.05) is 12.5 Å². The van der Waals surface area contributed by atoms with E-state index in [-0.39, 0.29) is 11.7 Å². The summed E-state index contributed by atoms with van der Waals surface area (Å²) in [5.74, 6) is 2.31. The Labute approximate surface area is 145 Å². The summed E-state index contributed by atoms with van der Waals surface area (Å²) in [6.07, 6.45) is 6.82. The minimum atomic E-state index is -0.287. The van der Waals surface area contributed by atoms with Crippen LogP contribution in [0.2, 0.25) is 0 Å². The van der Waals surface area contributed by atoms with Crippen molar-refractivity contribution in [3.8, 4) is 17.5 Å². The van der Waals surface area contributed by atoms with Crippen LogP contribution in [0.4, 0.5) is 0 Å². The summed E-state index contributed by atoms with van der Waals surface area (Å²) in [6, 6.07) is 7.96. The number of fused-ring (bicyclic) bond motifs is 4. The molecule has 0 radical (unpaired) electrons. The molecule has 0 saturated heterocycles. The molecule has 1 saturated carbocycles. The van der Waals surface area contributed by atoms with Gasteiger partial charge >= 0.3 is 0 Å². The fourth-order valence-electron chi connectivity index (χ4n) is 4.10. The van der Waals surface area contributed by atoms with Crippen LogP contribution >= 0.6 is 0 Å². The molecule has 25 heavy (non-hydrogen) atoms. The summed E-state index contributed by atoms with van der Waals surface area (Å²) >= 11 is 0. The van der Waals surface area contributed by atoms with E-state index in [1.165, 1.54) is 30.9 Å². The van der Waals surface area contributed by atoms with Crippen LogP contribution in [0.5, 0.6) is 17.5 Å². The number of nitrogens with zero attached hydrogens (tertiary/aromatic N) is 2. The summed E-state index contributed by atoms with van der Waals surface area (Å²) in [7, 11) is 0. The highest BCUT2D eigenvalue weighted by Crippen LogP contribution is 2.46. The fraction of sp³-hybridized carbons (Fsp3) is 0.474. The Hall–Kier alpha value is -2.50. The SMILES string of the molecule is O=c1ccn2c(n1)O[C@H](COc1ccc3c(c1)OC1CCCCC31)C2. The molecule has 3 atom stereocenters. The minimum absolute atomic E-state index is 0.147. The first kappa shape index (κ1) is 14.8. The molecule has 3 heterocycles. The van der Waals surface area contributed by atoms with E-state index < -0.39 is 0 Å². The Morgan fingerprint density at radius 1 is 1.20 bits per heavy atom. The summed E-state index contributed by atoms with van der Waals surface area (Å²) in [4.78, 5) is 15.1. The molecule has 130 valence electrons. The van der Waals surface area contributed by atoms with Gasteiger partial charge in [0, 0.05) is 29.8 Å². The molecule has 1 fully saturated rings. The second kappa shape index (κ2) is 5.79. The maximum absolute atomic E-state index is 11.3. The number of hydrogen-bond donors (Lipinski definition) is 0. The van der Waals surface area contributed by atoms with E-state index >= 15 is 0 Å². The molecule has 2 aliphatic heterocycles. The lowest BCUT2D eigenvalue weighted by atomic mass is 9.83. The van der Waals surface area contributed by atoms with Crippen molar-refractivity contribution in [2.75, 3.05) is 6.61 Å². The van der Waals surface area contributed by atoms with E-state index in [2.05, 4.69) is 11.1 Å². The van der Waals surface area contributed by atoms with Gasteiger partial charge in [-0.25, -0.2) is 0 Å². The molecule has 0 amide bonds. The Morgan fingerprint density at radius 2 is 2.12 bits per heavy atom. The van der Waals surface area contributed by atoms with Gasteiger partial charge in [-0.15, -0.1) is 0 Å². The number of hydrogen-bond acceptors (Lipinski definition) is 5. The lowest BCUT2D eigenvalue weighted by molar-refractivity contribution is 0.142. The van der Waals surface area contributed by atoms with Crippen molar-refractivity contribution >= 4 is 0 Å². The van der Waals surface area contributed by atoms with E-state index in [1.54, 1.807) is 6.20 Å². The molecule has 1 aliphatic carbocycles. The smallest absolute Gasteiger partial charge is 0.300 e. The highest BCUT2D eigenvalue weighted by atomic mass is 16.6. The van der Waals surface area contributed by atoms with Gasteiger partial charge in [-0.3, -0.25) is 9.36 Å². The molecule has 5 rings (SSSR count). The lowest BCUT2D eigenvalue weighted by Gasteiger charge is -2.23. The zero-order valence-electron chi connectivity index (χ0n) is 13.9. The lowest BCUT2D eigenvalue weighted by Crippen LogP contribution is -2.23. The quantitative estimate of drug-likeness (QED) is 0.859. The van der Waals surface area contributed by atoms with Crippen LogP contribution in [0.3, 0.4) is 0 Å². The molecule has 0 bridgehead atoms. The van der Waals surface area contributed by atoms with Crippen molar-refractivity contribution in [1.82, 2.24) is 9.55 Å². The minimum Gasteiger partial charge on any atom is -0.490 e. The summed E-state index contributed by atoms with van der Waals surface area (Å²) in [5, 5.41) is 0. The maximum atomic E-state index is 11.3. The van der Waals surface area contributed by atoms with Gasteiger partial charge in [-0.2, -0.15) is 4.98 Å². The van der Waals surface area contributed by atoms with Crippen LogP contribution in [0.15, 0.2) is 35.3 Å². The molecule has 2 aromatic rings. The molecule has 6 nitrogen and oxygen atoms in total. The third kappa shape index (κ3) is 2.65. The predicted molar refractivity (Wildman–Crippen MR) is 90.5 cm³/mol. The van der Waals surface area contributed by atoms with E-state index in [4.69, 9.17) is 14.2 Å². The van der Waals surface area contributed by atoms with Crippen molar-refractivity contribution in [1.29, 1.82) is 0 Å². The average molecular weight is 340 g/mol. The Kier molecular flexibility index (Phi) is 3.43. The van der Waals surface area contributed by atoms with Crippen molar-refractivity contribution < 1.29 is 14.2 Å². The molecular weight excluding hydrogens is 320 g/mol. The maximum Gasteiger partial charge on any atom is 0.300 e. The topological polar surface area (TPSA) is 62.6 Å². The van der Waals surface area contributed by atoms with Gasteiger partial charge in [0.2, 0.25) is 0 Å². The van der Waals surface area contributed by atoms with Gasteiger partial charge in [0.15, 0.2) is 6.10 Å². The zero-order valence-corrected chi connectivity index (χ0v) is 13.9. The average Bonchev–Trinajstić information content (AvgIpc) is 3.19. The second-order valence-corrected chi connectivity index (χ2v) is 7.00. The van der Waals surface area contributed by atoms with Crippen molar-refractivity contribution in [2.45, 2.75) is 50.4 Å². The molecule has 0 N–H and O–H groups in total. The molecule has 0 spiro atoms. The number of benzene rings is 1. The van der Waals surface area contributed by atoms with E-state index in [0.717, 1.165) is 17.9 Å². The van der Waals surface area contributed by atoms with Gasteiger partial charge in [0.25, 0.3) is 11.6 Å². The van der Waals surface area contributed by atoms with Gasteiger partial charge in [0.05, 0.1) is 6.54 Å². The van der Waals surface area contributed by atoms with E-state index in [9.17, 15) is 4.79 Å². The summed E-state index contributed by atoms with van der Waals surface area (Å²) in [6.45, 7) is 1.04. The molecule has 1 aromatic heterocycles. The third-order valence-corrected chi connectivity index (χ3v) is 5.32. The Bertz CT molecular complexity index is 863. The van der Waals surface area contributed by atoms with Crippen LogP contribution in [-0.2, 0) is 6.54 Å². The molecular formula is C19H20N2O4. The monoisotopic (exact) mass is 340 g/mol. The number of aromatic nitrogens is 2. The largest absolute Gasteiger partial charge is 0.490 e. The third-order valence-electron chi connectivity index (χ3n) is 5.32. The Morgan fingerprint density at radius 3 is 3.08 bits per heavy atom. The second-order valence-electron chi connectivity index (χ2n) is 7.00. The van der Waals surface area contributed by atoms with Crippen molar-refractivity contribution in [3.63, 3.8) is 0 Å². The zero-order chi connectivity index (χ0) is 16.8. The first-order valence-corrected chi connectivity index (χ1v) is 8.94. The predicted octanol–water partition coefficient (Wildman–Crippen LogP) is 2.50.